The van der Waals surface area contributed by atoms with E-state index in [1.165, 1.54) is 0 Å². The van der Waals surface area contributed by atoms with Crippen LogP contribution in [0.25, 0.3) is 0 Å². The molecule has 0 N–H and O–H groups in total. The van der Waals surface area contributed by atoms with Gasteiger partial charge in [-0.05, 0) is 6.42 Å². The van der Waals surface area contributed by atoms with Crippen LogP contribution in [0.3, 0.4) is 0 Å². The van der Waals surface area contributed by atoms with E-state index in [1.807, 2.05) is 0 Å². The lowest BCUT2D eigenvalue weighted by atomic mass is 10.3. The Morgan fingerprint density at radius 3 is 3.00 bits per heavy atom. The van der Waals surface area contributed by atoms with E-state index in [0.717, 1.165) is 18.6 Å². The fraction of sp³-hybridized carbons (Fsp3) is 0.429. The monoisotopic (exact) mass is 124 g/mol. The van der Waals surface area contributed by atoms with E-state index in [1.54, 1.807) is 6.20 Å². The first-order valence-electron chi connectivity index (χ1n) is 3.09. The van der Waals surface area contributed by atoms with Crippen LogP contribution in [0.4, 0.5) is 0 Å². The molecule has 0 bridgehead atoms. The molecule has 2 nitrogen and oxygen atoms in total. The van der Waals surface area contributed by atoms with Gasteiger partial charge in [-0.3, -0.25) is 0 Å². The highest BCUT2D eigenvalue weighted by Gasteiger charge is 1.95. The Balaban J connectivity index is 2.61. The first-order chi connectivity index (χ1) is 4.33. The second kappa shape index (κ2) is 2.67. The number of aryl methyl sites for hydroxylation is 1. The minimum absolute atomic E-state index is 0.512. The molecule has 1 aromatic heterocycles. The van der Waals surface area contributed by atoms with Crippen LogP contribution in [0.1, 0.15) is 25.0 Å². The Morgan fingerprint density at radius 1 is 1.78 bits per heavy atom. The van der Waals surface area contributed by atoms with E-state index in [2.05, 4.69) is 18.8 Å². The van der Waals surface area contributed by atoms with Gasteiger partial charge in [0.15, 0.2) is 5.89 Å². The van der Waals surface area contributed by atoms with Crippen molar-refractivity contribution >= 4 is 0 Å². The van der Waals surface area contributed by atoms with Crippen molar-refractivity contribution in [3.05, 3.63) is 24.8 Å². The van der Waals surface area contributed by atoms with Gasteiger partial charge in [-0.2, -0.15) is 0 Å². The largest absolute Gasteiger partial charge is 0.446 e. The predicted octanol–water partition coefficient (Wildman–Crippen LogP) is 1.81. The summed E-state index contributed by atoms with van der Waals surface area (Å²) in [6, 6.07) is 0. The van der Waals surface area contributed by atoms with Crippen LogP contribution in [-0.4, -0.2) is 4.98 Å². The van der Waals surface area contributed by atoms with Crippen molar-refractivity contribution in [2.45, 2.75) is 19.8 Å². The molecule has 0 aliphatic rings. The first-order valence-corrected chi connectivity index (χ1v) is 3.09. The first kappa shape index (κ1) is 6.33. The quantitative estimate of drug-likeness (QED) is 0.601. The molecule has 0 aliphatic heterocycles. The van der Waals surface area contributed by atoms with E-state index >= 15 is 0 Å². The van der Waals surface area contributed by atoms with Crippen LogP contribution in [0.15, 0.2) is 10.6 Å². The second-order valence-electron chi connectivity index (χ2n) is 1.97. The van der Waals surface area contributed by atoms with Crippen molar-refractivity contribution in [1.82, 2.24) is 4.98 Å². The molecular weight excluding hydrogens is 114 g/mol. The zero-order valence-electron chi connectivity index (χ0n) is 5.55. The minimum Gasteiger partial charge on any atom is -0.446 e. The van der Waals surface area contributed by atoms with Crippen molar-refractivity contribution in [2.75, 3.05) is 0 Å². The van der Waals surface area contributed by atoms with Gasteiger partial charge in [0.25, 0.3) is 0 Å². The Labute approximate surface area is 54.9 Å². The molecule has 0 spiro atoms. The van der Waals surface area contributed by atoms with Crippen LogP contribution in [0.2, 0.25) is 0 Å². The molecule has 0 aromatic carbocycles. The zero-order valence-corrected chi connectivity index (χ0v) is 5.55. The summed E-state index contributed by atoms with van der Waals surface area (Å²) in [6.07, 6.45) is 3.78. The third-order valence-electron chi connectivity index (χ3n) is 1.10. The Morgan fingerprint density at radius 2 is 2.56 bits per heavy atom. The Kier molecular flexibility index (Phi) is 1.88. The van der Waals surface area contributed by atoms with Gasteiger partial charge >= 0.3 is 0 Å². The van der Waals surface area contributed by atoms with E-state index in [0.29, 0.717) is 5.89 Å². The zero-order chi connectivity index (χ0) is 6.69. The smallest absolute Gasteiger partial charge is 0.194 e. The SMILES string of the molecule is [CH2]c1ncc(CCC)o1. The van der Waals surface area contributed by atoms with Gasteiger partial charge in [0.1, 0.15) is 5.76 Å². The molecule has 0 saturated carbocycles. The molecule has 1 aromatic rings. The fourth-order valence-electron chi connectivity index (χ4n) is 0.710. The predicted molar refractivity (Wildman–Crippen MR) is 35.0 cm³/mol. The Bertz CT molecular complexity index is 181. The number of nitrogens with zero attached hydrogens (tertiary/aromatic N) is 1. The molecule has 1 heterocycles. The highest BCUT2D eigenvalue weighted by molar-refractivity contribution is 4.95. The summed E-state index contributed by atoms with van der Waals surface area (Å²) >= 11 is 0. The maximum atomic E-state index is 5.10. The summed E-state index contributed by atoms with van der Waals surface area (Å²) in [7, 11) is 0. The number of hydrogen-bond donors (Lipinski definition) is 0. The topological polar surface area (TPSA) is 26.0 Å². The number of aromatic nitrogens is 1. The molecule has 2 heteroatoms. The van der Waals surface area contributed by atoms with Crippen molar-refractivity contribution in [2.24, 2.45) is 0 Å². The molecule has 0 unspecified atom stereocenters. The Hall–Kier alpha value is -0.790. The minimum atomic E-state index is 0.512. The maximum absolute atomic E-state index is 5.10. The van der Waals surface area contributed by atoms with Gasteiger partial charge < -0.3 is 4.42 Å². The molecule has 9 heavy (non-hydrogen) atoms. The third kappa shape index (κ3) is 1.56. The van der Waals surface area contributed by atoms with Gasteiger partial charge in [0, 0.05) is 13.3 Å². The normalized spacial score (nSPS) is 10.0. The molecule has 0 atom stereocenters. The van der Waals surface area contributed by atoms with E-state index < -0.39 is 0 Å². The van der Waals surface area contributed by atoms with Crippen LogP contribution in [0.5, 0.6) is 0 Å². The summed E-state index contributed by atoms with van der Waals surface area (Å²) < 4.78 is 5.10. The van der Waals surface area contributed by atoms with Crippen molar-refractivity contribution in [3.8, 4) is 0 Å². The average molecular weight is 124 g/mol. The van der Waals surface area contributed by atoms with Gasteiger partial charge in [0.05, 0.1) is 6.20 Å². The van der Waals surface area contributed by atoms with Gasteiger partial charge in [0.2, 0.25) is 0 Å². The van der Waals surface area contributed by atoms with Crippen molar-refractivity contribution in [1.29, 1.82) is 0 Å². The molecule has 49 valence electrons. The molecule has 0 saturated heterocycles. The van der Waals surface area contributed by atoms with Crippen molar-refractivity contribution in [3.63, 3.8) is 0 Å². The summed E-state index contributed by atoms with van der Waals surface area (Å²) in [5.74, 6) is 1.45. The lowest BCUT2D eigenvalue weighted by molar-refractivity contribution is 0.485. The lowest BCUT2D eigenvalue weighted by Crippen LogP contribution is -1.74. The second-order valence-corrected chi connectivity index (χ2v) is 1.97. The molecule has 0 aliphatic carbocycles. The van der Waals surface area contributed by atoms with Crippen LogP contribution in [-0.2, 0) is 6.42 Å². The molecule has 0 amide bonds. The highest BCUT2D eigenvalue weighted by atomic mass is 16.3. The number of rotatable bonds is 2. The molecular formula is C7H10NO. The van der Waals surface area contributed by atoms with Crippen LogP contribution >= 0.6 is 0 Å². The van der Waals surface area contributed by atoms with Crippen LogP contribution in [0, 0.1) is 6.92 Å². The summed E-state index contributed by atoms with van der Waals surface area (Å²) in [5.41, 5.74) is 0. The van der Waals surface area contributed by atoms with Gasteiger partial charge in [-0.15, -0.1) is 0 Å². The van der Waals surface area contributed by atoms with Crippen LogP contribution < -0.4 is 0 Å². The van der Waals surface area contributed by atoms with Gasteiger partial charge in [-0.25, -0.2) is 4.98 Å². The van der Waals surface area contributed by atoms with E-state index in [4.69, 9.17) is 4.42 Å². The summed E-state index contributed by atoms with van der Waals surface area (Å²) in [6.45, 7) is 5.65. The van der Waals surface area contributed by atoms with E-state index in [9.17, 15) is 0 Å². The molecule has 0 fully saturated rings. The highest BCUT2D eigenvalue weighted by Crippen LogP contribution is 2.03. The number of hydrogen-bond acceptors (Lipinski definition) is 2. The lowest BCUT2D eigenvalue weighted by Gasteiger charge is -1.85. The molecule has 1 rings (SSSR count). The standard InChI is InChI=1S/C7H10NO/c1-3-4-7-5-8-6(2)9-7/h5H,2-4H2,1H3. The van der Waals surface area contributed by atoms with E-state index in [-0.39, 0.29) is 0 Å². The summed E-state index contributed by atoms with van der Waals surface area (Å²) in [5, 5.41) is 0. The summed E-state index contributed by atoms with van der Waals surface area (Å²) in [4.78, 5) is 3.86. The van der Waals surface area contributed by atoms with Crippen molar-refractivity contribution < 1.29 is 4.42 Å². The number of oxazole rings is 1. The molecule has 1 radical (unpaired) electrons. The third-order valence-corrected chi connectivity index (χ3v) is 1.10. The fourth-order valence-corrected chi connectivity index (χ4v) is 0.710. The van der Waals surface area contributed by atoms with Gasteiger partial charge in [-0.1, -0.05) is 6.92 Å². The maximum Gasteiger partial charge on any atom is 0.194 e. The average Bonchev–Trinajstić information content (AvgIpc) is 2.17.